The summed E-state index contributed by atoms with van der Waals surface area (Å²) < 4.78 is 11.4. The third kappa shape index (κ3) is 3.31. The molecule has 0 bridgehead atoms. The number of piperidine rings is 1. The van der Waals surface area contributed by atoms with E-state index in [9.17, 15) is 4.79 Å². The van der Waals surface area contributed by atoms with Gasteiger partial charge in [0.25, 0.3) is 0 Å². The van der Waals surface area contributed by atoms with Gasteiger partial charge in [-0.25, -0.2) is 0 Å². The molecule has 6 nitrogen and oxygen atoms in total. The molecular formula is C18H25N3O3. The number of ether oxygens (including phenoxy) is 2. The van der Waals surface area contributed by atoms with E-state index in [1.807, 2.05) is 12.1 Å². The molecule has 1 N–H and O–H groups in total. The summed E-state index contributed by atoms with van der Waals surface area (Å²) in [4.78, 5) is 19.4. The van der Waals surface area contributed by atoms with E-state index in [0.29, 0.717) is 12.0 Å². The summed E-state index contributed by atoms with van der Waals surface area (Å²) in [7, 11) is 0. The number of pyridine rings is 1. The number of rotatable bonds is 3. The molecule has 3 aliphatic heterocycles. The van der Waals surface area contributed by atoms with E-state index in [0.717, 1.165) is 57.9 Å². The van der Waals surface area contributed by atoms with Crippen molar-refractivity contribution in [3.05, 3.63) is 24.5 Å². The second kappa shape index (κ2) is 7.17. The molecule has 0 radical (unpaired) electrons. The zero-order valence-corrected chi connectivity index (χ0v) is 13.9. The van der Waals surface area contributed by atoms with Crippen molar-refractivity contribution in [2.75, 3.05) is 38.2 Å². The maximum atomic E-state index is 12.9. The van der Waals surface area contributed by atoms with Gasteiger partial charge in [-0.1, -0.05) is 0 Å². The largest absolute Gasteiger partial charge is 0.381 e. The van der Waals surface area contributed by atoms with Gasteiger partial charge in [0.2, 0.25) is 5.91 Å². The van der Waals surface area contributed by atoms with Crippen molar-refractivity contribution in [2.45, 2.75) is 31.4 Å². The minimum atomic E-state index is -0.0192. The van der Waals surface area contributed by atoms with Crippen molar-refractivity contribution < 1.29 is 14.3 Å². The molecule has 4 rings (SSSR count). The molecule has 3 fully saturated rings. The van der Waals surface area contributed by atoms with Crippen LogP contribution in [0.3, 0.4) is 0 Å². The van der Waals surface area contributed by atoms with Crippen LogP contribution in [0.4, 0.5) is 5.69 Å². The Morgan fingerprint density at radius 3 is 2.88 bits per heavy atom. The molecule has 130 valence electrons. The van der Waals surface area contributed by atoms with E-state index in [1.54, 1.807) is 12.4 Å². The first kappa shape index (κ1) is 16.0. The second-order valence-electron chi connectivity index (χ2n) is 7.00. The Morgan fingerprint density at radius 1 is 1.21 bits per heavy atom. The van der Waals surface area contributed by atoms with Crippen molar-refractivity contribution in [1.82, 2.24) is 9.88 Å². The highest BCUT2D eigenvalue weighted by Gasteiger charge is 2.45. The van der Waals surface area contributed by atoms with Crippen molar-refractivity contribution >= 4 is 11.6 Å². The summed E-state index contributed by atoms with van der Waals surface area (Å²) in [5.74, 6) is 0.410. The smallest absolute Gasteiger partial charge is 0.229 e. The first-order valence-corrected chi connectivity index (χ1v) is 8.95. The maximum absolute atomic E-state index is 12.9. The Kier molecular flexibility index (Phi) is 4.78. The first-order chi connectivity index (χ1) is 11.8. The van der Waals surface area contributed by atoms with E-state index in [4.69, 9.17) is 9.47 Å². The molecule has 4 heterocycles. The SMILES string of the molecule is O=C(Nc1cccnc1)[C@H]1CN(C2CCOCC2)C[C@H]2OCC[C@@H]12. The molecule has 3 aliphatic rings. The van der Waals surface area contributed by atoms with Crippen LogP contribution >= 0.6 is 0 Å². The number of fused-ring (bicyclic) bond motifs is 1. The minimum absolute atomic E-state index is 0.0192. The molecule has 0 unspecified atom stereocenters. The summed E-state index contributed by atoms with van der Waals surface area (Å²) >= 11 is 0. The Morgan fingerprint density at radius 2 is 2.08 bits per heavy atom. The molecule has 0 aromatic carbocycles. The maximum Gasteiger partial charge on any atom is 0.229 e. The zero-order valence-electron chi connectivity index (χ0n) is 13.9. The van der Waals surface area contributed by atoms with E-state index in [-0.39, 0.29) is 17.9 Å². The van der Waals surface area contributed by atoms with Gasteiger partial charge in [0.1, 0.15) is 0 Å². The minimum Gasteiger partial charge on any atom is -0.381 e. The Labute approximate surface area is 142 Å². The van der Waals surface area contributed by atoms with E-state index < -0.39 is 0 Å². The summed E-state index contributed by atoms with van der Waals surface area (Å²) in [5, 5.41) is 3.04. The fourth-order valence-corrected chi connectivity index (χ4v) is 4.30. The number of carbonyl (C=O) groups excluding carboxylic acids is 1. The van der Waals surface area contributed by atoms with Gasteiger partial charge in [0, 0.05) is 51.1 Å². The number of hydrogen-bond acceptors (Lipinski definition) is 5. The van der Waals surface area contributed by atoms with Gasteiger partial charge in [-0.05, 0) is 31.4 Å². The molecule has 3 saturated heterocycles. The van der Waals surface area contributed by atoms with E-state index in [2.05, 4.69) is 15.2 Å². The van der Waals surface area contributed by atoms with Crippen LogP contribution in [0.5, 0.6) is 0 Å². The van der Waals surface area contributed by atoms with Gasteiger partial charge in [-0.3, -0.25) is 14.7 Å². The van der Waals surface area contributed by atoms with Gasteiger partial charge in [-0.2, -0.15) is 0 Å². The second-order valence-corrected chi connectivity index (χ2v) is 7.00. The Bertz CT molecular complexity index is 562. The lowest BCUT2D eigenvalue weighted by Crippen LogP contribution is -2.55. The van der Waals surface area contributed by atoms with Crippen LogP contribution < -0.4 is 5.32 Å². The van der Waals surface area contributed by atoms with Crippen molar-refractivity contribution in [3.8, 4) is 0 Å². The molecule has 1 aromatic rings. The van der Waals surface area contributed by atoms with Crippen LogP contribution in [-0.4, -0.2) is 60.8 Å². The number of nitrogens with one attached hydrogen (secondary N) is 1. The first-order valence-electron chi connectivity index (χ1n) is 8.95. The van der Waals surface area contributed by atoms with Crippen LogP contribution in [-0.2, 0) is 14.3 Å². The van der Waals surface area contributed by atoms with Gasteiger partial charge in [0.15, 0.2) is 0 Å². The van der Waals surface area contributed by atoms with Crippen molar-refractivity contribution in [2.24, 2.45) is 11.8 Å². The standard InChI is InChI=1S/C18H25N3O3/c22-18(20-13-2-1-6-19-10-13)16-11-21(14-3-7-23-8-4-14)12-17-15(16)5-9-24-17/h1-2,6,10,14-17H,3-5,7-9,11-12H2,(H,20,22)/t15-,16-,17+/m0/s1. The number of hydrogen-bond donors (Lipinski definition) is 1. The Balaban J connectivity index is 1.47. The number of likely N-dealkylation sites (tertiary alicyclic amines) is 1. The molecule has 3 atom stereocenters. The summed E-state index contributed by atoms with van der Waals surface area (Å²) in [6.07, 6.45) is 6.68. The van der Waals surface area contributed by atoms with Gasteiger partial charge >= 0.3 is 0 Å². The van der Waals surface area contributed by atoms with Gasteiger partial charge in [-0.15, -0.1) is 0 Å². The molecule has 1 aromatic heterocycles. The average Bonchev–Trinajstić information content (AvgIpc) is 3.11. The molecule has 0 spiro atoms. The summed E-state index contributed by atoms with van der Waals surface area (Å²) in [6, 6.07) is 4.23. The molecule has 6 heteroatoms. The highest BCUT2D eigenvalue weighted by molar-refractivity contribution is 5.92. The molecule has 0 saturated carbocycles. The van der Waals surface area contributed by atoms with Gasteiger partial charge in [0.05, 0.1) is 23.9 Å². The normalized spacial score (nSPS) is 31.6. The lowest BCUT2D eigenvalue weighted by Gasteiger charge is -2.44. The predicted molar refractivity (Wildman–Crippen MR) is 89.6 cm³/mol. The number of aromatic nitrogens is 1. The quantitative estimate of drug-likeness (QED) is 0.910. The number of nitrogens with zero attached hydrogens (tertiary/aromatic N) is 2. The highest BCUT2D eigenvalue weighted by atomic mass is 16.5. The van der Waals surface area contributed by atoms with E-state index in [1.165, 1.54) is 0 Å². The van der Waals surface area contributed by atoms with E-state index >= 15 is 0 Å². The number of carbonyl (C=O) groups is 1. The third-order valence-electron chi connectivity index (χ3n) is 5.60. The highest BCUT2D eigenvalue weighted by Crippen LogP contribution is 2.36. The molecule has 1 amide bonds. The van der Waals surface area contributed by atoms with Crippen LogP contribution in [0, 0.1) is 11.8 Å². The van der Waals surface area contributed by atoms with Crippen molar-refractivity contribution in [1.29, 1.82) is 0 Å². The van der Waals surface area contributed by atoms with Crippen LogP contribution in [0.15, 0.2) is 24.5 Å². The van der Waals surface area contributed by atoms with Crippen LogP contribution in [0.1, 0.15) is 19.3 Å². The van der Waals surface area contributed by atoms with Gasteiger partial charge < -0.3 is 14.8 Å². The van der Waals surface area contributed by atoms with Crippen molar-refractivity contribution in [3.63, 3.8) is 0 Å². The summed E-state index contributed by atoms with van der Waals surface area (Å²) in [5.41, 5.74) is 0.765. The topological polar surface area (TPSA) is 63.7 Å². The fraction of sp³-hybridized carbons (Fsp3) is 0.667. The fourth-order valence-electron chi connectivity index (χ4n) is 4.30. The monoisotopic (exact) mass is 331 g/mol. The molecule has 24 heavy (non-hydrogen) atoms. The average molecular weight is 331 g/mol. The number of amides is 1. The lowest BCUT2D eigenvalue weighted by molar-refractivity contribution is -0.127. The summed E-state index contributed by atoms with van der Waals surface area (Å²) in [6.45, 7) is 4.19. The Hall–Kier alpha value is -1.50. The molecule has 0 aliphatic carbocycles. The predicted octanol–water partition coefficient (Wildman–Crippen LogP) is 1.54. The van der Waals surface area contributed by atoms with Crippen LogP contribution in [0.25, 0.3) is 0 Å². The van der Waals surface area contributed by atoms with Crippen LogP contribution in [0.2, 0.25) is 0 Å². The third-order valence-corrected chi connectivity index (χ3v) is 5.60. The lowest BCUT2D eigenvalue weighted by atomic mass is 9.81. The molecular weight excluding hydrogens is 306 g/mol. The number of anilines is 1. The zero-order chi connectivity index (χ0) is 16.4.